The minimum Gasteiger partial charge on any atom is -0.374 e. The minimum absolute atomic E-state index is 0.00548. The molecule has 1 N–H and O–H groups in total. The van der Waals surface area contributed by atoms with Crippen molar-refractivity contribution in [2.75, 3.05) is 19.7 Å². The predicted octanol–water partition coefficient (Wildman–Crippen LogP) is 3.19. The molecule has 2 aromatic rings. The van der Waals surface area contributed by atoms with Crippen LogP contribution in [0, 0.1) is 0 Å². The van der Waals surface area contributed by atoms with Crippen LogP contribution in [0.5, 0.6) is 0 Å². The van der Waals surface area contributed by atoms with E-state index >= 15 is 0 Å². The second-order valence-corrected chi connectivity index (χ2v) is 6.32. The molecule has 5 nitrogen and oxygen atoms in total. The molecule has 0 radical (unpaired) electrons. The SMILES string of the molecule is CC[C@H](NC(=O)N1CCO[C@H](Cc2ccccc2)C1)c1ccncc1. The van der Waals surface area contributed by atoms with Gasteiger partial charge in [0.2, 0.25) is 0 Å². The van der Waals surface area contributed by atoms with E-state index in [-0.39, 0.29) is 18.2 Å². The lowest BCUT2D eigenvalue weighted by molar-refractivity contribution is -0.0136. The number of amides is 2. The van der Waals surface area contributed by atoms with Crippen LogP contribution >= 0.6 is 0 Å². The van der Waals surface area contributed by atoms with E-state index < -0.39 is 0 Å². The van der Waals surface area contributed by atoms with Crippen LogP contribution in [0.25, 0.3) is 0 Å². The lowest BCUT2D eigenvalue weighted by atomic mass is 10.1. The van der Waals surface area contributed by atoms with E-state index in [9.17, 15) is 4.79 Å². The van der Waals surface area contributed by atoms with Crippen molar-refractivity contribution < 1.29 is 9.53 Å². The predicted molar refractivity (Wildman–Crippen MR) is 97.3 cm³/mol. The lowest BCUT2D eigenvalue weighted by Gasteiger charge is -2.34. The van der Waals surface area contributed by atoms with Crippen LogP contribution < -0.4 is 5.32 Å². The summed E-state index contributed by atoms with van der Waals surface area (Å²) >= 11 is 0. The molecule has 1 aliphatic rings. The second-order valence-electron chi connectivity index (χ2n) is 6.32. The number of benzene rings is 1. The van der Waals surface area contributed by atoms with E-state index in [2.05, 4.69) is 29.4 Å². The summed E-state index contributed by atoms with van der Waals surface area (Å²) in [5.74, 6) is 0. The highest BCUT2D eigenvalue weighted by Gasteiger charge is 2.25. The molecule has 2 heterocycles. The number of nitrogens with zero attached hydrogens (tertiary/aromatic N) is 2. The molecule has 1 aromatic heterocycles. The van der Waals surface area contributed by atoms with Gasteiger partial charge in [-0.3, -0.25) is 4.98 Å². The highest BCUT2D eigenvalue weighted by atomic mass is 16.5. The molecule has 2 amide bonds. The van der Waals surface area contributed by atoms with E-state index in [1.165, 1.54) is 5.56 Å². The average Bonchev–Trinajstić information content (AvgIpc) is 2.67. The van der Waals surface area contributed by atoms with Crippen LogP contribution in [0.1, 0.15) is 30.5 Å². The zero-order chi connectivity index (χ0) is 17.5. The molecular weight excluding hydrogens is 314 g/mol. The first kappa shape index (κ1) is 17.4. The summed E-state index contributed by atoms with van der Waals surface area (Å²) in [6.07, 6.45) is 5.23. The van der Waals surface area contributed by atoms with Gasteiger partial charge in [0.1, 0.15) is 0 Å². The smallest absolute Gasteiger partial charge is 0.318 e. The third-order valence-corrected chi connectivity index (χ3v) is 4.55. The number of hydrogen-bond donors (Lipinski definition) is 1. The van der Waals surface area contributed by atoms with Gasteiger partial charge in [0, 0.05) is 31.9 Å². The lowest BCUT2D eigenvalue weighted by Crippen LogP contribution is -2.50. The number of ether oxygens (including phenoxy) is 1. The average molecular weight is 339 g/mol. The molecule has 0 unspecified atom stereocenters. The van der Waals surface area contributed by atoms with Gasteiger partial charge >= 0.3 is 6.03 Å². The Kier molecular flexibility index (Phi) is 6.01. The normalized spacial score (nSPS) is 18.6. The molecule has 1 aromatic carbocycles. The van der Waals surface area contributed by atoms with Gasteiger partial charge in [0.05, 0.1) is 18.8 Å². The monoisotopic (exact) mass is 339 g/mol. The molecule has 1 saturated heterocycles. The fraction of sp³-hybridized carbons (Fsp3) is 0.400. The van der Waals surface area contributed by atoms with Crippen molar-refractivity contribution in [1.29, 1.82) is 0 Å². The number of aromatic nitrogens is 1. The highest BCUT2D eigenvalue weighted by molar-refractivity contribution is 5.74. The van der Waals surface area contributed by atoms with Crippen molar-refractivity contribution in [3.8, 4) is 0 Å². The highest BCUT2D eigenvalue weighted by Crippen LogP contribution is 2.17. The van der Waals surface area contributed by atoms with Crippen LogP contribution in [-0.2, 0) is 11.2 Å². The molecule has 5 heteroatoms. The zero-order valence-electron chi connectivity index (χ0n) is 14.6. The standard InChI is InChI=1S/C20H25N3O2/c1-2-19(17-8-10-21-11-9-17)22-20(24)23-12-13-25-18(15-23)14-16-6-4-3-5-7-16/h3-11,18-19H,2,12-15H2,1H3,(H,22,24)/t18-,19+/m1/s1. The van der Waals surface area contributed by atoms with Crippen LogP contribution in [-0.4, -0.2) is 41.7 Å². The van der Waals surface area contributed by atoms with Crippen molar-refractivity contribution in [3.05, 3.63) is 66.0 Å². The maximum atomic E-state index is 12.7. The van der Waals surface area contributed by atoms with Crippen LogP contribution in [0.2, 0.25) is 0 Å². The number of hydrogen-bond acceptors (Lipinski definition) is 3. The molecule has 3 rings (SSSR count). The molecule has 2 atom stereocenters. The van der Waals surface area contributed by atoms with Crippen LogP contribution in [0.15, 0.2) is 54.9 Å². The van der Waals surface area contributed by atoms with Gasteiger partial charge in [-0.2, -0.15) is 0 Å². The Bertz CT molecular complexity index is 663. The first-order valence-corrected chi connectivity index (χ1v) is 8.87. The molecule has 1 fully saturated rings. The Morgan fingerprint density at radius 1 is 1.28 bits per heavy atom. The summed E-state index contributed by atoms with van der Waals surface area (Å²) in [6, 6.07) is 14.1. The summed E-state index contributed by atoms with van der Waals surface area (Å²) < 4.78 is 5.85. The second kappa shape index (κ2) is 8.62. The molecule has 132 valence electrons. The molecule has 0 aliphatic carbocycles. The number of urea groups is 1. The van der Waals surface area contributed by atoms with Crippen LogP contribution in [0.3, 0.4) is 0 Å². The number of carbonyl (C=O) groups excluding carboxylic acids is 1. The maximum Gasteiger partial charge on any atom is 0.318 e. The van der Waals surface area contributed by atoms with E-state index in [0.717, 1.165) is 18.4 Å². The fourth-order valence-electron chi connectivity index (χ4n) is 3.16. The number of pyridine rings is 1. The number of carbonyl (C=O) groups is 1. The molecule has 0 saturated carbocycles. The molecular formula is C20H25N3O2. The summed E-state index contributed by atoms with van der Waals surface area (Å²) in [4.78, 5) is 18.6. The van der Waals surface area contributed by atoms with Gasteiger partial charge in [-0.05, 0) is 29.7 Å². The van der Waals surface area contributed by atoms with E-state index in [4.69, 9.17) is 4.74 Å². The topological polar surface area (TPSA) is 54.5 Å². The van der Waals surface area contributed by atoms with Crippen molar-refractivity contribution in [2.45, 2.75) is 31.9 Å². The third kappa shape index (κ3) is 4.79. The van der Waals surface area contributed by atoms with Crippen molar-refractivity contribution in [3.63, 3.8) is 0 Å². The summed E-state index contributed by atoms with van der Waals surface area (Å²) in [5, 5.41) is 3.14. The Labute approximate surface area is 149 Å². The zero-order valence-corrected chi connectivity index (χ0v) is 14.6. The number of rotatable bonds is 5. The Hall–Kier alpha value is -2.40. The van der Waals surface area contributed by atoms with Gasteiger partial charge in [0.25, 0.3) is 0 Å². The van der Waals surface area contributed by atoms with Gasteiger partial charge in [-0.1, -0.05) is 37.3 Å². The Morgan fingerprint density at radius 2 is 2.04 bits per heavy atom. The summed E-state index contributed by atoms with van der Waals surface area (Å²) in [6.45, 7) is 3.90. The summed E-state index contributed by atoms with van der Waals surface area (Å²) in [5.41, 5.74) is 2.32. The van der Waals surface area contributed by atoms with Gasteiger partial charge in [-0.15, -0.1) is 0 Å². The first-order chi connectivity index (χ1) is 12.3. The maximum absolute atomic E-state index is 12.7. The fourth-order valence-corrected chi connectivity index (χ4v) is 3.16. The Morgan fingerprint density at radius 3 is 2.76 bits per heavy atom. The van der Waals surface area contributed by atoms with Gasteiger partial charge in [-0.25, -0.2) is 4.79 Å². The molecule has 25 heavy (non-hydrogen) atoms. The quantitative estimate of drug-likeness (QED) is 0.910. The minimum atomic E-state index is -0.0231. The van der Waals surface area contributed by atoms with Gasteiger partial charge in [0.15, 0.2) is 0 Å². The van der Waals surface area contributed by atoms with Crippen molar-refractivity contribution in [1.82, 2.24) is 15.2 Å². The summed E-state index contributed by atoms with van der Waals surface area (Å²) in [7, 11) is 0. The third-order valence-electron chi connectivity index (χ3n) is 4.55. The number of nitrogens with one attached hydrogen (secondary N) is 1. The van der Waals surface area contributed by atoms with Crippen molar-refractivity contribution >= 4 is 6.03 Å². The van der Waals surface area contributed by atoms with Crippen molar-refractivity contribution in [2.24, 2.45) is 0 Å². The Balaban J connectivity index is 1.58. The van der Waals surface area contributed by atoms with E-state index in [1.807, 2.05) is 35.2 Å². The van der Waals surface area contributed by atoms with Gasteiger partial charge < -0.3 is 15.0 Å². The molecule has 1 aliphatic heterocycles. The number of morpholine rings is 1. The van der Waals surface area contributed by atoms with Crippen LogP contribution in [0.4, 0.5) is 4.79 Å². The van der Waals surface area contributed by atoms with E-state index in [0.29, 0.717) is 19.7 Å². The molecule has 0 spiro atoms. The molecule has 0 bridgehead atoms. The van der Waals surface area contributed by atoms with E-state index in [1.54, 1.807) is 12.4 Å². The first-order valence-electron chi connectivity index (χ1n) is 8.87. The largest absolute Gasteiger partial charge is 0.374 e.